The zero-order valence-corrected chi connectivity index (χ0v) is 7.82. The molecule has 0 unspecified atom stereocenters. The molecular weight excluding hydrogens is 208 g/mol. The number of nitrogens with zero attached hydrogens (tertiary/aromatic N) is 1. The van der Waals surface area contributed by atoms with Crippen molar-refractivity contribution in [3.8, 4) is 0 Å². The van der Waals surface area contributed by atoms with Gasteiger partial charge in [0, 0.05) is 12.1 Å². The summed E-state index contributed by atoms with van der Waals surface area (Å²) in [4.78, 5) is 9.72. The summed E-state index contributed by atoms with van der Waals surface area (Å²) in [6, 6.07) is 5.23. The minimum absolute atomic E-state index is 0.175. The number of nitrogens with one attached hydrogen (secondary N) is 1. The Balaban J connectivity index is 3.01. The summed E-state index contributed by atoms with van der Waals surface area (Å²) < 4.78 is 21.2. The van der Waals surface area contributed by atoms with Gasteiger partial charge in [-0.05, 0) is 5.56 Å². The fraction of sp³-hybridized carbons (Fsp3) is 0.143. The van der Waals surface area contributed by atoms with Crippen LogP contribution in [0.1, 0.15) is 5.56 Å². The first-order valence-corrected chi connectivity index (χ1v) is 5.24. The molecule has 1 aromatic rings. The molecule has 0 aromatic heterocycles. The van der Waals surface area contributed by atoms with Crippen LogP contribution in [0.2, 0.25) is 0 Å². The van der Waals surface area contributed by atoms with Crippen molar-refractivity contribution in [2.45, 2.75) is 5.75 Å². The molecule has 0 saturated carbocycles. The van der Waals surface area contributed by atoms with Gasteiger partial charge in [-0.25, -0.2) is 8.42 Å². The quantitative estimate of drug-likeness (QED) is 0.562. The summed E-state index contributed by atoms with van der Waals surface area (Å²) in [5.41, 5.74) is 0.0698. The van der Waals surface area contributed by atoms with Crippen molar-refractivity contribution in [2.24, 2.45) is 0 Å². The van der Waals surface area contributed by atoms with Crippen molar-refractivity contribution >= 4 is 15.7 Å². The third-order valence-corrected chi connectivity index (χ3v) is 2.19. The zero-order chi connectivity index (χ0) is 10.8. The van der Waals surface area contributed by atoms with Crippen LogP contribution >= 0.6 is 0 Å². The Bertz CT molecular complexity index is 455. The van der Waals surface area contributed by atoms with E-state index in [2.05, 4.69) is 0 Å². The van der Waals surface area contributed by atoms with Crippen LogP contribution in [0, 0.1) is 10.1 Å². The molecule has 0 saturated heterocycles. The number of sulfonamides is 1. The van der Waals surface area contributed by atoms with Crippen molar-refractivity contribution in [3.63, 3.8) is 0 Å². The van der Waals surface area contributed by atoms with Crippen LogP contribution in [0.5, 0.6) is 0 Å². The monoisotopic (exact) mass is 215 g/mol. The summed E-state index contributed by atoms with van der Waals surface area (Å²) in [6.45, 7) is 0. The third-order valence-electron chi connectivity index (χ3n) is 1.48. The molecule has 0 bridgehead atoms. The second-order valence-electron chi connectivity index (χ2n) is 2.69. The summed E-state index contributed by atoms with van der Waals surface area (Å²) >= 11 is 0. The standard InChI is InChI=1S/C7H7N2O4S/c8-14(12,13)5-6-2-1-3-7(4-6)9(10)11/h1-4H,5H2,(H-,8,12,13)/q-1. The highest BCUT2D eigenvalue weighted by Gasteiger charge is 2.06. The molecule has 0 aliphatic carbocycles. The van der Waals surface area contributed by atoms with Gasteiger partial charge in [0.05, 0.1) is 20.7 Å². The lowest BCUT2D eigenvalue weighted by Gasteiger charge is -2.04. The number of hydrogen-bond acceptors (Lipinski definition) is 4. The predicted octanol–water partition coefficient (Wildman–Crippen LogP) is 1.48. The number of benzene rings is 1. The van der Waals surface area contributed by atoms with Crippen molar-refractivity contribution in [2.75, 3.05) is 0 Å². The molecule has 7 heteroatoms. The van der Waals surface area contributed by atoms with Gasteiger partial charge in [0.1, 0.15) is 0 Å². The Morgan fingerprint density at radius 3 is 2.57 bits per heavy atom. The van der Waals surface area contributed by atoms with Crippen LogP contribution < -0.4 is 0 Å². The van der Waals surface area contributed by atoms with Crippen LogP contribution in [0.3, 0.4) is 0 Å². The van der Waals surface area contributed by atoms with Crippen molar-refractivity contribution in [1.82, 2.24) is 0 Å². The van der Waals surface area contributed by atoms with Crippen molar-refractivity contribution in [3.05, 3.63) is 45.1 Å². The Morgan fingerprint density at radius 2 is 2.07 bits per heavy atom. The molecule has 0 atom stereocenters. The molecule has 1 N–H and O–H groups in total. The molecule has 1 rings (SSSR count). The molecule has 14 heavy (non-hydrogen) atoms. The summed E-state index contributed by atoms with van der Waals surface area (Å²) in [6.07, 6.45) is 0. The maximum atomic E-state index is 10.6. The van der Waals surface area contributed by atoms with E-state index in [-0.39, 0.29) is 11.3 Å². The fourth-order valence-electron chi connectivity index (χ4n) is 0.979. The fourth-order valence-corrected chi connectivity index (χ4v) is 1.60. The van der Waals surface area contributed by atoms with E-state index in [0.29, 0.717) is 0 Å². The van der Waals surface area contributed by atoms with E-state index in [1.165, 1.54) is 18.2 Å². The lowest BCUT2D eigenvalue weighted by atomic mass is 10.2. The minimum Gasteiger partial charge on any atom is -0.564 e. The molecule has 0 aliphatic rings. The second kappa shape index (κ2) is 3.72. The predicted molar refractivity (Wildman–Crippen MR) is 50.0 cm³/mol. The molecule has 0 radical (unpaired) electrons. The number of hydrogen-bond donors (Lipinski definition) is 0. The van der Waals surface area contributed by atoms with E-state index in [0.717, 1.165) is 6.07 Å². The first-order valence-electron chi connectivity index (χ1n) is 3.59. The molecule has 0 fully saturated rings. The average Bonchev–Trinajstić information content (AvgIpc) is 2.01. The van der Waals surface area contributed by atoms with Gasteiger partial charge in [-0.1, -0.05) is 12.1 Å². The van der Waals surface area contributed by atoms with E-state index in [1.807, 2.05) is 0 Å². The zero-order valence-electron chi connectivity index (χ0n) is 7.00. The Hall–Kier alpha value is -1.47. The smallest absolute Gasteiger partial charge is 0.269 e. The molecule has 0 aliphatic heterocycles. The molecule has 0 heterocycles. The molecule has 0 amide bonds. The van der Waals surface area contributed by atoms with Gasteiger partial charge in [0.15, 0.2) is 0 Å². The van der Waals surface area contributed by atoms with Gasteiger partial charge in [0.2, 0.25) is 0 Å². The second-order valence-corrected chi connectivity index (χ2v) is 4.20. The maximum absolute atomic E-state index is 10.6. The molecule has 76 valence electrons. The summed E-state index contributed by atoms with van der Waals surface area (Å²) in [5, 5.41) is 17.0. The van der Waals surface area contributed by atoms with Gasteiger partial charge >= 0.3 is 0 Å². The topological polar surface area (TPSA) is 101 Å². The van der Waals surface area contributed by atoms with Gasteiger partial charge in [-0.2, -0.15) is 0 Å². The van der Waals surface area contributed by atoms with E-state index >= 15 is 0 Å². The number of nitro groups is 1. The summed E-state index contributed by atoms with van der Waals surface area (Å²) in [5.74, 6) is -0.505. The molecule has 0 spiro atoms. The highest BCUT2D eigenvalue weighted by molar-refractivity contribution is 7.92. The largest absolute Gasteiger partial charge is 0.564 e. The Kier molecular flexibility index (Phi) is 2.82. The number of rotatable bonds is 3. The van der Waals surface area contributed by atoms with Crippen molar-refractivity contribution in [1.29, 1.82) is 0 Å². The van der Waals surface area contributed by atoms with Crippen LogP contribution in [-0.4, -0.2) is 13.3 Å². The van der Waals surface area contributed by atoms with E-state index < -0.39 is 20.7 Å². The van der Waals surface area contributed by atoms with Crippen LogP contribution in [0.4, 0.5) is 5.69 Å². The first kappa shape index (κ1) is 10.6. The lowest BCUT2D eigenvalue weighted by molar-refractivity contribution is -0.384. The number of non-ortho nitro benzene ring substituents is 1. The van der Waals surface area contributed by atoms with Crippen LogP contribution in [-0.2, 0) is 15.8 Å². The lowest BCUT2D eigenvalue weighted by Crippen LogP contribution is -1.97. The van der Waals surface area contributed by atoms with E-state index in [1.54, 1.807) is 0 Å². The normalized spacial score (nSPS) is 11.2. The van der Waals surface area contributed by atoms with Gasteiger partial charge < -0.3 is 5.14 Å². The average molecular weight is 215 g/mol. The first-order chi connectivity index (χ1) is 6.38. The van der Waals surface area contributed by atoms with Gasteiger partial charge in [-0.3, -0.25) is 10.1 Å². The van der Waals surface area contributed by atoms with E-state index in [4.69, 9.17) is 5.14 Å². The highest BCUT2D eigenvalue weighted by Crippen LogP contribution is 2.15. The SMILES string of the molecule is [NH-]S(=O)(=O)Cc1cccc([N+](=O)[O-])c1. The molecular formula is C7H7N2O4S-. The number of nitro benzene ring substituents is 1. The Labute approximate surface area is 80.5 Å². The van der Waals surface area contributed by atoms with Crippen molar-refractivity contribution < 1.29 is 13.3 Å². The summed E-state index contributed by atoms with van der Waals surface area (Å²) in [7, 11) is -3.89. The van der Waals surface area contributed by atoms with E-state index in [9.17, 15) is 18.5 Å². The maximum Gasteiger partial charge on any atom is 0.269 e. The molecule has 1 aromatic carbocycles. The van der Waals surface area contributed by atoms with Gasteiger partial charge in [-0.15, -0.1) is 0 Å². The third kappa shape index (κ3) is 3.11. The molecule has 6 nitrogen and oxygen atoms in total. The highest BCUT2D eigenvalue weighted by atomic mass is 32.2. The Morgan fingerprint density at radius 1 is 1.43 bits per heavy atom. The van der Waals surface area contributed by atoms with Gasteiger partial charge in [0.25, 0.3) is 5.69 Å². The van der Waals surface area contributed by atoms with Crippen LogP contribution in [0.15, 0.2) is 24.3 Å². The van der Waals surface area contributed by atoms with Crippen LogP contribution in [0.25, 0.3) is 5.14 Å². The minimum atomic E-state index is -3.89.